The van der Waals surface area contributed by atoms with E-state index in [9.17, 15) is 9.90 Å². The molecule has 26 heavy (non-hydrogen) atoms. The number of aromatic amines is 1. The van der Waals surface area contributed by atoms with Crippen LogP contribution in [-0.4, -0.2) is 15.1 Å². The Hall–Kier alpha value is -2.70. The predicted octanol–water partition coefficient (Wildman–Crippen LogP) is 4.38. The number of rotatable bonds is 3. The monoisotopic (exact) mass is 409 g/mol. The molecule has 0 aliphatic heterocycles. The van der Waals surface area contributed by atoms with Crippen molar-refractivity contribution >= 4 is 49.1 Å². The third kappa shape index (κ3) is 2.87. The van der Waals surface area contributed by atoms with Gasteiger partial charge in [-0.05, 0) is 48.4 Å². The molecule has 0 amide bonds. The van der Waals surface area contributed by atoms with Crippen LogP contribution in [-0.2, 0) is 6.61 Å². The second-order valence-corrected chi connectivity index (χ2v) is 7.07. The van der Waals surface area contributed by atoms with Gasteiger partial charge in [0.1, 0.15) is 5.82 Å². The molecule has 4 aromatic rings. The molecule has 0 aliphatic rings. The standard InChI is InChI=1S/C20H16BrN3O2/c1-11-2-3-12(10-25)8-17(11)24-19-14-6-7-22-20(26)18(14)15-9-13(21)4-5-16(15)23-19/h2-9,25H,10H2,1H3,(H,22,26)(H,23,24). The Balaban J connectivity index is 1.99. The van der Waals surface area contributed by atoms with E-state index < -0.39 is 0 Å². The number of nitrogens with zero attached hydrogens (tertiary/aromatic N) is 1. The number of anilines is 2. The number of benzene rings is 2. The van der Waals surface area contributed by atoms with Crippen molar-refractivity contribution in [3.05, 3.63) is 74.6 Å². The van der Waals surface area contributed by atoms with Gasteiger partial charge in [-0.1, -0.05) is 28.1 Å². The zero-order valence-electron chi connectivity index (χ0n) is 14.0. The summed E-state index contributed by atoms with van der Waals surface area (Å²) in [4.78, 5) is 20.0. The van der Waals surface area contributed by atoms with E-state index in [2.05, 4.69) is 26.2 Å². The zero-order valence-corrected chi connectivity index (χ0v) is 15.6. The lowest BCUT2D eigenvalue weighted by molar-refractivity contribution is 0.282. The lowest BCUT2D eigenvalue weighted by Gasteiger charge is -2.14. The van der Waals surface area contributed by atoms with E-state index in [0.717, 1.165) is 37.6 Å². The van der Waals surface area contributed by atoms with Crippen LogP contribution in [0.1, 0.15) is 11.1 Å². The van der Waals surface area contributed by atoms with Crippen LogP contribution in [0.15, 0.2) is 57.9 Å². The van der Waals surface area contributed by atoms with Crippen molar-refractivity contribution in [3.63, 3.8) is 0 Å². The van der Waals surface area contributed by atoms with Gasteiger partial charge in [0, 0.05) is 27.1 Å². The molecule has 2 aromatic heterocycles. The minimum absolute atomic E-state index is 0.0332. The van der Waals surface area contributed by atoms with Gasteiger partial charge in [0.25, 0.3) is 5.56 Å². The third-order valence-corrected chi connectivity index (χ3v) is 4.91. The molecule has 5 nitrogen and oxygen atoms in total. The summed E-state index contributed by atoms with van der Waals surface area (Å²) in [7, 11) is 0. The number of fused-ring (bicyclic) bond motifs is 3. The van der Waals surface area contributed by atoms with E-state index in [1.807, 2.05) is 49.4 Å². The Bertz CT molecular complexity index is 1200. The highest BCUT2D eigenvalue weighted by Crippen LogP contribution is 2.31. The smallest absolute Gasteiger partial charge is 0.256 e. The maximum absolute atomic E-state index is 12.5. The van der Waals surface area contributed by atoms with E-state index >= 15 is 0 Å². The summed E-state index contributed by atoms with van der Waals surface area (Å²) < 4.78 is 0.892. The van der Waals surface area contributed by atoms with E-state index in [1.165, 1.54) is 0 Å². The normalized spacial score (nSPS) is 11.2. The number of nitrogens with one attached hydrogen (secondary N) is 2. The van der Waals surface area contributed by atoms with Gasteiger partial charge in [0.05, 0.1) is 17.5 Å². The van der Waals surface area contributed by atoms with Crippen LogP contribution in [0.3, 0.4) is 0 Å². The number of hydrogen-bond donors (Lipinski definition) is 3. The third-order valence-electron chi connectivity index (χ3n) is 4.41. The van der Waals surface area contributed by atoms with Crippen molar-refractivity contribution in [1.82, 2.24) is 9.97 Å². The fourth-order valence-corrected chi connectivity index (χ4v) is 3.42. The molecule has 0 atom stereocenters. The summed E-state index contributed by atoms with van der Waals surface area (Å²) >= 11 is 3.46. The van der Waals surface area contributed by atoms with Gasteiger partial charge >= 0.3 is 0 Å². The van der Waals surface area contributed by atoms with Crippen molar-refractivity contribution in [1.29, 1.82) is 0 Å². The maximum Gasteiger partial charge on any atom is 0.256 e. The number of aryl methyl sites for hydroxylation is 1. The lowest BCUT2D eigenvalue weighted by atomic mass is 10.1. The van der Waals surface area contributed by atoms with Crippen LogP contribution in [0, 0.1) is 6.92 Å². The molecule has 0 unspecified atom stereocenters. The molecule has 0 radical (unpaired) electrons. The van der Waals surface area contributed by atoms with E-state index in [0.29, 0.717) is 11.2 Å². The summed E-state index contributed by atoms with van der Waals surface area (Å²) in [6, 6.07) is 13.3. The average molecular weight is 410 g/mol. The number of pyridine rings is 2. The number of hydrogen-bond acceptors (Lipinski definition) is 4. The second-order valence-electron chi connectivity index (χ2n) is 6.15. The van der Waals surface area contributed by atoms with Crippen molar-refractivity contribution < 1.29 is 5.11 Å². The molecule has 6 heteroatoms. The number of aromatic nitrogens is 2. The van der Waals surface area contributed by atoms with Crippen LogP contribution in [0.5, 0.6) is 0 Å². The second kappa shape index (κ2) is 6.55. The van der Waals surface area contributed by atoms with Gasteiger partial charge in [0.15, 0.2) is 0 Å². The topological polar surface area (TPSA) is 78.0 Å². The molecule has 0 saturated heterocycles. The molecule has 0 spiro atoms. The zero-order chi connectivity index (χ0) is 18.3. The van der Waals surface area contributed by atoms with Gasteiger partial charge < -0.3 is 15.4 Å². The molecule has 4 rings (SSSR count). The summed E-state index contributed by atoms with van der Waals surface area (Å²) in [6.45, 7) is 1.95. The predicted molar refractivity (Wildman–Crippen MR) is 108 cm³/mol. The molecule has 3 N–H and O–H groups in total. The van der Waals surface area contributed by atoms with Gasteiger partial charge in [-0.3, -0.25) is 4.79 Å². The van der Waals surface area contributed by atoms with Gasteiger partial charge in [-0.15, -0.1) is 0 Å². The van der Waals surface area contributed by atoms with Crippen molar-refractivity contribution in [3.8, 4) is 0 Å². The first-order valence-corrected chi connectivity index (χ1v) is 8.94. The molecule has 0 saturated carbocycles. The van der Waals surface area contributed by atoms with Crippen LogP contribution in [0.2, 0.25) is 0 Å². The first-order valence-electron chi connectivity index (χ1n) is 8.15. The minimum atomic E-state index is -0.156. The fraction of sp³-hybridized carbons (Fsp3) is 0.100. The highest BCUT2D eigenvalue weighted by atomic mass is 79.9. The summed E-state index contributed by atoms with van der Waals surface area (Å²) in [5, 5.41) is 14.9. The average Bonchev–Trinajstić information content (AvgIpc) is 2.64. The van der Waals surface area contributed by atoms with Crippen LogP contribution in [0.25, 0.3) is 21.7 Å². The Kier molecular flexibility index (Phi) is 4.22. The number of halogens is 1. The van der Waals surface area contributed by atoms with Crippen molar-refractivity contribution in [2.45, 2.75) is 13.5 Å². The fourth-order valence-electron chi connectivity index (χ4n) is 3.05. The molecule has 0 aliphatic carbocycles. The first kappa shape index (κ1) is 16.8. The molecule has 0 fully saturated rings. The molecule has 2 heterocycles. The molecule has 130 valence electrons. The van der Waals surface area contributed by atoms with Gasteiger partial charge in [0.2, 0.25) is 0 Å². The van der Waals surface area contributed by atoms with Gasteiger partial charge in [-0.25, -0.2) is 4.98 Å². The highest BCUT2D eigenvalue weighted by Gasteiger charge is 2.13. The lowest BCUT2D eigenvalue weighted by Crippen LogP contribution is -2.08. The van der Waals surface area contributed by atoms with Crippen LogP contribution >= 0.6 is 15.9 Å². The Morgan fingerprint density at radius 3 is 2.81 bits per heavy atom. The Morgan fingerprint density at radius 1 is 1.15 bits per heavy atom. The van der Waals surface area contributed by atoms with Crippen LogP contribution < -0.4 is 10.9 Å². The summed E-state index contributed by atoms with van der Waals surface area (Å²) in [6.07, 6.45) is 1.62. The van der Waals surface area contributed by atoms with E-state index in [-0.39, 0.29) is 12.2 Å². The number of H-pyrrole nitrogens is 1. The molecule has 0 bridgehead atoms. The first-order chi connectivity index (χ1) is 12.6. The Labute approximate surface area is 157 Å². The van der Waals surface area contributed by atoms with Crippen molar-refractivity contribution in [2.75, 3.05) is 5.32 Å². The summed E-state index contributed by atoms with van der Waals surface area (Å²) in [5.74, 6) is 0.610. The van der Waals surface area contributed by atoms with E-state index in [4.69, 9.17) is 4.98 Å². The molecule has 2 aromatic carbocycles. The molecular formula is C20H16BrN3O2. The van der Waals surface area contributed by atoms with Gasteiger partial charge in [-0.2, -0.15) is 0 Å². The van der Waals surface area contributed by atoms with Crippen molar-refractivity contribution in [2.24, 2.45) is 0 Å². The summed E-state index contributed by atoms with van der Waals surface area (Å²) in [5.41, 5.74) is 3.26. The quantitative estimate of drug-likeness (QED) is 0.438. The highest BCUT2D eigenvalue weighted by molar-refractivity contribution is 9.10. The van der Waals surface area contributed by atoms with Crippen LogP contribution in [0.4, 0.5) is 11.5 Å². The number of aliphatic hydroxyl groups is 1. The number of aliphatic hydroxyl groups excluding tert-OH is 1. The maximum atomic E-state index is 12.5. The Morgan fingerprint density at radius 2 is 2.00 bits per heavy atom. The van der Waals surface area contributed by atoms with E-state index in [1.54, 1.807) is 6.20 Å². The SMILES string of the molecule is Cc1ccc(CO)cc1Nc1nc2ccc(Br)cc2c2c(=O)[nH]ccc12. The largest absolute Gasteiger partial charge is 0.392 e. The molecular weight excluding hydrogens is 394 g/mol. The minimum Gasteiger partial charge on any atom is -0.392 e.